The molecule has 1 N–H and O–H groups in total. The fourth-order valence-electron chi connectivity index (χ4n) is 2.64. The van der Waals surface area contributed by atoms with Gasteiger partial charge in [-0.1, -0.05) is 0 Å². The van der Waals surface area contributed by atoms with Gasteiger partial charge < -0.3 is 10.1 Å². The van der Waals surface area contributed by atoms with E-state index in [1.807, 2.05) is 6.07 Å². The Kier molecular flexibility index (Phi) is 3.22. The number of fused-ring (bicyclic) bond motifs is 1. The molecule has 0 radical (unpaired) electrons. The molecule has 0 saturated heterocycles. The van der Waals surface area contributed by atoms with E-state index in [4.69, 9.17) is 4.74 Å². The molecule has 0 bridgehead atoms. The fraction of sp³-hybridized carbons (Fsp3) is 0.467. The number of rotatable bonds is 5. The number of carbonyl (C=O) groups excluding carboxylic acids is 2. The highest BCUT2D eigenvalue weighted by molar-refractivity contribution is 6.21. The molecule has 1 atom stereocenters. The van der Waals surface area contributed by atoms with Gasteiger partial charge in [0.15, 0.2) is 0 Å². The third kappa shape index (κ3) is 2.18. The highest BCUT2D eigenvalue weighted by atomic mass is 16.5. The maximum atomic E-state index is 12.0. The molecule has 1 aliphatic carbocycles. The van der Waals surface area contributed by atoms with E-state index in [-0.39, 0.29) is 17.9 Å². The van der Waals surface area contributed by atoms with Crippen molar-refractivity contribution in [3.05, 3.63) is 29.3 Å². The highest BCUT2D eigenvalue weighted by Gasteiger charge is 2.34. The Bertz CT molecular complexity index is 566. The van der Waals surface area contributed by atoms with Gasteiger partial charge in [-0.15, -0.1) is 0 Å². The molecule has 0 spiro atoms. The number of imide groups is 1. The van der Waals surface area contributed by atoms with E-state index >= 15 is 0 Å². The number of amides is 2. The minimum absolute atomic E-state index is 0.229. The van der Waals surface area contributed by atoms with E-state index in [2.05, 4.69) is 5.32 Å². The maximum absolute atomic E-state index is 12.0. The topological polar surface area (TPSA) is 58.6 Å². The molecule has 20 heavy (non-hydrogen) atoms. The molecule has 1 aromatic carbocycles. The summed E-state index contributed by atoms with van der Waals surface area (Å²) in [6.45, 7) is 0.647. The Labute approximate surface area is 117 Å². The molecule has 1 heterocycles. The van der Waals surface area contributed by atoms with Gasteiger partial charge in [-0.3, -0.25) is 14.5 Å². The molecule has 1 unspecified atom stereocenters. The standard InChI is InChI=1S/C15H18N2O3/c1-17-14(18)11-6-5-10(7-12(11)15(17)19)16-13(8-20-2)9-3-4-9/h5-7,9,13,16H,3-4,8H2,1-2H3. The van der Waals surface area contributed by atoms with Crippen LogP contribution in [0.1, 0.15) is 33.6 Å². The van der Waals surface area contributed by atoms with Gasteiger partial charge in [0.05, 0.1) is 23.8 Å². The molecule has 1 saturated carbocycles. The van der Waals surface area contributed by atoms with Crippen molar-refractivity contribution < 1.29 is 14.3 Å². The lowest BCUT2D eigenvalue weighted by atomic mass is 10.1. The summed E-state index contributed by atoms with van der Waals surface area (Å²) >= 11 is 0. The third-order valence-corrected chi connectivity index (χ3v) is 3.98. The number of carbonyl (C=O) groups is 2. The summed E-state index contributed by atoms with van der Waals surface area (Å²) in [6.07, 6.45) is 2.43. The first kappa shape index (κ1) is 13.1. The number of methoxy groups -OCH3 is 1. The van der Waals surface area contributed by atoms with Crippen LogP contribution in [0.5, 0.6) is 0 Å². The van der Waals surface area contributed by atoms with Gasteiger partial charge in [-0.05, 0) is 37.0 Å². The minimum atomic E-state index is -0.233. The van der Waals surface area contributed by atoms with Crippen LogP contribution in [-0.4, -0.2) is 43.5 Å². The quantitative estimate of drug-likeness (QED) is 0.831. The van der Waals surface area contributed by atoms with Crippen molar-refractivity contribution >= 4 is 17.5 Å². The summed E-state index contributed by atoms with van der Waals surface area (Å²) in [5.41, 5.74) is 1.83. The van der Waals surface area contributed by atoms with Crippen LogP contribution in [-0.2, 0) is 4.74 Å². The monoisotopic (exact) mass is 274 g/mol. The van der Waals surface area contributed by atoms with Crippen LogP contribution in [0.15, 0.2) is 18.2 Å². The molecule has 2 aliphatic rings. The van der Waals surface area contributed by atoms with Gasteiger partial charge in [-0.25, -0.2) is 0 Å². The summed E-state index contributed by atoms with van der Waals surface area (Å²) in [6, 6.07) is 5.61. The molecule has 3 rings (SSSR count). The van der Waals surface area contributed by atoms with Crippen molar-refractivity contribution in [2.45, 2.75) is 18.9 Å². The van der Waals surface area contributed by atoms with Crippen molar-refractivity contribution in [1.29, 1.82) is 0 Å². The number of nitrogens with one attached hydrogen (secondary N) is 1. The van der Waals surface area contributed by atoms with E-state index in [1.165, 1.54) is 19.9 Å². The average molecular weight is 274 g/mol. The smallest absolute Gasteiger partial charge is 0.261 e. The normalized spacial score (nSPS) is 19.2. The van der Waals surface area contributed by atoms with Crippen LogP contribution in [0.25, 0.3) is 0 Å². The van der Waals surface area contributed by atoms with E-state index in [9.17, 15) is 9.59 Å². The molecule has 2 amide bonds. The Morgan fingerprint density at radius 2 is 2.00 bits per heavy atom. The second-order valence-corrected chi connectivity index (χ2v) is 5.47. The van der Waals surface area contributed by atoms with Crippen molar-refractivity contribution in [3.8, 4) is 0 Å². The van der Waals surface area contributed by atoms with E-state index in [0.29, 0.717) is 23.7 Å². The van der Waals surface area contributed by atoms with Crippen molar-refractivity contribution in [2.75, 3.05) is 26.1 Å². The summed E-state index contributed by atoms with van der Waals surface area (Å²) < 4.78 is 5.23. The van der Waals surface area contributed by atoms with Gasteiger partial charge in [0, 0.05) is 19.8 Å². The van der Waals surface area contributed by atoms with Crippen LogP contribution in [0.3, 0.4) is 0 Å². The fourth-order valence-corrected chi connectivity index (χ4v) is 2.64. The Morgan fingerprint density at radius 1 is 1.30 bits per heavy atom. The van der Waals surface area contributed by atoms with E-state index in [0.717, 1.165) is 10.6 Å². The lowest BCUT2D eigenvalue weighted by Gasteiger charge is -2.18. The SMILES string of the molecule is COCC(Nc1ccc2c(c1)C(=O)N(C)C2=O)C1CC1. The van der Waals surface area contributed by atoms with Crippen molar-refractivity contribution in [1.82, 2.24) is 4.90 Å². The Morgan fingerprint density at radius 3 is 2.65 bits per heavy atom. The Hall–Kier alpha value is -1.88. The van der Waals surface area contributed by atoms with Crippen LogP contribution in [0, 0.1) is 5.92 Å². The van der Waals surface area contributed by atoms with E-state index < -0.39 is 0 Å². The van der Waals surface area contributed by atoms with Crippen LogP contribution >= 0.6 is 0 Å². The summed E-state index contributed by atoms with van der Waals surface area (Å²) in [5.74, 6) is 0.179. The third-order valence-electron chi connectivity index (χ3n) is 3.98. The molecule has 106 valence electrons. The number of ether oxygens (including phenoxy) is 1. The molecular weight excluding hydrogens is 256 g/mol. The van der Waals surface area contributed by atoms with Crippen LogP contribution in [0.2, 0.25) is 0 Å². The van der Waals surface area contributed by atoms with Crippen LogP contribution in [0.4, 0.5) is 5.69 Å². The first-order valence-corrected chi connectivity index (χ1v) is 6.83. The lowest BCUT2D eigenvalue weighted by molar-refractivity contribution is 0.0693. The molecule has 1 aliphatic heterocycles. The minimum Gasteiger partial charge on any atom is -0.383 e. The van der Waals surface area contributed by atoms with Gasteiger partial charge in [-0.2, -0.15) is 0 Å². The largest absolute Gasteiger partial charge is 0.383 e. The first-order valence-electron chi connectivity index (χ1n) is 6.83. The second kappa shape index (κ2) is 4.90. The Balaban J connectivity index is 1.82. The molecule has 0 aromatic heterocycles. The number of hydrogen-bond donors (Lipinski definition) is 1. The molecular formula is C15H18N2O3. The predicted octanol–water partition coefficient (Wildman–Crippen LogP) is 1.75. The van der Waals surface area contributed by atoms with Crippen molar-refractivity contribution in [2.24, 2.45) is 5.92 Å². The highest BCUT2D eigenvalue weighted by Crippen LogP contribution is 2.35. The second-order valence-electron chi connectivity index (χ2n) is 5.47. The van der Waals surface area contributed by atoms with Crippen LogP contribution < -0.4 is 5.32 Å². The summed E-state index contributed by atoms with van der Waals surface area (Å²) in [7, 11) is 3.20. The average Bonchev–Trinajstić information content (AvgIpc) is 3.26. The number of hydrogen-bond acceptors (Lipinski definition) is 4. The summed E-state index contributed by atoms with van der Waals surface area (Å²) in [5, 5.41) is 3.41. The van der Waals surface area contributed by atoms with Gasteiger partial charge in [0.1, 0.15) is 0 Å². The molecule has 1 fully saturated rings. The molecule has 5 nitrogen and oxygen atoms in total. The zero-order chi connectivity index (χ0) is 14.3. The van der Waals surface area contributed by atoms with Crippen molar-refractivity contribution in [3.63, 3.8) is 0 Å². The zero-order valence-corrected chi connectivity index (χ0v) is 11.7. The number of anilines is 1. The maximum Gasteiger partial charge on any atom is 0.261 e. The lowest BCUT2D eigenvalue weighted by Crippen LogP contribution is -2.27. The first-order chi connectivity index (χ1) is 9.61. The predicted molar refractivity (Wildman–Crippen MR) is 74.9 cm³/mol. The van der Waals surface area contributed by atoms with E-state index in [1.54, 1.807) is 19.2 Å². The van der Waals surface area contributed by atoms with Gasteiger partial charge in [0.25, 0.3) is 11.8 Å². The van der Waals surface area contributed by atoms with Gasteiger partial charge >= 0.3 is 0 Å². The molecule has 5 heteroatoms. The number of nitrogens with zero attached hydrogens (tertiary/aromatic N) is 1. The summed E-state index contributed by atoms with van der Waals surface area (Å²) in [4.78, 5) is 25.0. The number of benzene rings is 1. The molecule has 1 aromatic rings. The van der Waals surface area contributed by atoms with Gasteiger partial charge in [0.2, 0.25) is 0 Å². The zero-order valence-electron chi connectivity index (χ0n) is 11.7.